The molecule has 6 heteroatoms. The van der Waals surface area contributed by atoms with E-state index in [1.165, 1.54) is 0 Å². The molecule has 0 saturated carbocycles. The predicted molar refractivity (Wildman–Crippen MR) is 100.0 cm³/mol. The minimum absolute atomic E-state index is 0.162. The fraction of sp³-hybridized carbons (Fsp3) is 0.0909. The topological polar surface area (TPSA) is 66.4 Å². The molecule has 0 spiro atoms. The van der Waals surface area contributed by atoms with E-state index in [1.807, 2.05) is 0 Å². The van der Waals surface area contributed by atoms with Crippen molar-refractivity contribution >= 4 is 11.9 Å². The third kappa shape index (κ3) is 4.23. The van der Waals surface area contributed by atoms with E-state index in [2.05, 4.69) is 5.32 Å². The molecule has 142 valence electrons. The van der Waals surface area contributed by atoms with Gasteiger partial charge in [-0.3, -0.25) is 4.79 Å². The first-order valence-corrected chi connectivity index (χ1v) is 8.56. The molecule has 1 atom stereocenters. The smallest absolute Gasteiger partial charge is 0.327 e. The van der Waals surface area contributed by atoms with Crippen LogP contribution in [0.15, 0.2) is 78.9 Å². The van der Waals surface area contributed by atoms with E-state index < -0.39 is 35.5 Å². The summed E-state index contributed by atoms with van der Waals surface area (Å²) in [6.07, 6.45) is 0. The molecule has 3 aromatic rings. The van der Waals surface area contributed by atoms with Crippen molar-refractivity contribution in [3.05, 3.63) is 107 Å². The largest absolute Gasteiger partial charge is 0.480 e. The van der Waals surface area contributed by atoms with Crippen LogP contribution in [0.1, 0.15) is 27.4 Å². The summed E-state index contributed by atoms with van der Waals surface area (Å²) in [5.41, 5.74) is 1.24. The molecule has 0 aromatic heterocycles. The Morgan fingerprint density at radius 1 is 0.786 bits per heavy atom. The maximum atomic E-state index is 13.5. The summed E-state index contributed by atoms with van der Waals surface area (Å²) in [6.45, 7) is 0. The third-order valence-electron chi connectivity index (χ3n) is 4.39. The van der Waals surface area contributed by atoms with Crippen LogP contribution in [0.25, 0.3) is 0 Å². The van der Waals surface area contributed by atoms with Gasteiger partial charge in [-0.25, -0.2) is 13.6 Å². The molecule has 3 aromatic carbocycles. The zero-order valence-electron chi connectivity index (χ0n) is 14.7. The number of rotatable bonds is 6. The average Bonchev–Trinajstić information content (AvgIpc) is 2.71. The molecule has 0 heterocycles. The third-order valence-corrected chi connectivity index (χ3v) is 4.39. The lowest BCUT2D eigenvalue weighted by atomic mass is 9.85. The number of carboxylic acids is 1. The first kappa shape index (κ1) is 19.2. The normalized spacial score (nSPS) is 11.8. The van der Waals surface area contributed by atoms with Crippen molar-refractivity contribution < 1.29 is 23.5 Å². The molecule has 0 aliphatic rings. The molecular weight excluding hydrogens is 364 g/mol. The Morgan fingerprint density at radius 2 is 1.32 bits per heavy atom. The number of nitrogens with one attached hydrogen (secondary N) is 1. The van der Waals surface area contributed by atoms with Crippen LogP contribution in [0, 0.1) is 11.6 Å². The molecule has 0 radical (unpaired) electrons. The first-order valence-electron chi connectivity index (χ1n) is 8.56. The Hall–Kier alpha value is -3.54. The highest BCUT2D eigenvalue weighted by molar-refractivity contribution is 5.97. The van der Waals surface area contributed by atoms with Crippen molar-refractivity contribution in [2.24, 2.45) is 0 Å². The standard InChI is InChI=1S/C22H17F2NO3/c23-17-12-11-16(13-18(17)24)21(26)25-20(22(27)28)19(14-7-3-1-4-8-14)15-9-5-2-6-10-15/h1-13,19-20H,(H,25,26)(H,27,28)/t20-/m0/s1. The molecule has 3 rings (SSSR count). The van der Waals surface area contributed by atoms with E-state index in [1.54, 1.807) is 60.7 Å². The van der Waals surface area contributed by atoms with Crippen LogP contribution in [0.2, 0.25) is 0 Å². The maximum Gasteiger partial charge on any atom is 0.327 e. The van der Waals surface area contributed by atoms with Gasteiger partial charge in [-0.05, 0) is 29.3 Å². The first-order chi connectivity index (χ1) is 13.5. The number of amides is 1. The van der Waals surface area contributed by atoms with Crippen molar-refractivity contribution in [3.8, 4) is 0 Å². The van der Waals surface area contributed by atoms with E-state index in [4.69, 9.17) is 0 Å². The molecule has 0 bridgehead atoms. The number of hydrogen-bond acceptors (Lipinski definition) is 2. The molecule has 2 N–H and O–H groups in total. The number of carbonyl (C=O) groups is 2. The van der Waals surface area contributed by atoms with E-state index in [-0.39, 0.29) is 5.56 Å². The molecule has 0 aliphatic heterocycles. The summed E-state index contributed by atoms with van der Waals surface area (Å²) in [7, 11) is 0. The van der Waals surface area contributed by atoms with Gasteiger partial charge in [0.25, 0.3) is 5.91 Å². The van der Waals surface area contributed by atoms with Crippen molar-refractivity contribution in [3.63, 3.8) is 0 Å². The second-order valence-electron chi connectivity index (χ2n) is 6.22. The summed E-state index contributed by atoms with van der Waals surface area (Å²) >= 11 is 0. The number of carbonyl (C=O) groups excluding carboxylic acids is 1. The van der Waals surface area contributed by atoms with Gasteiger partial charge in [-0.2, -0.15) is 0 Å². The van der Waals surface area contributed by atoms with Crippen LogP contribution < -0.4 is 5.32 Å². The summed E-state index contributed by atoms with van der Waals surface area (Å²) in [5.74, 6) is -4.98. The number of hydrogen-bond donors (Lipinski definition) is 2. The van der Waals surface area contributed by atoms with Crippen LogP contribution in [0.4, 0.5) is 8.78 Å². The highest BCUT2D eigenvalue weighted by atomic mass is 19.2. The van der Waals surface area contributed by atoms with Crippen LogP contribution in [-0.4, -0.2) is 23.0 Å². The lowest BCUT2D eigenvalue weighted by molar-refractivity contribution is -0.139. The van der Waals surface area contributed by atoms with Gasteiger partial charge < -0.3 is 10.4 Å². The van der Waals surface area contributed by atoms with Gasteiger partial charge >= 0.3 is 5.97 Å². The summed E-state index contributed by atoms with van der Waals surface area (Å²) in [4.78, 5) is 24.6. The maximum absolute atomic E-state index is 13.5. The summed E-state index contributed by atoms with van der Waals surface area (Å²) in [5, 5.41) is 12.3. The van der Waals surface area contributed by atoms with Crippen molar-refractivity contribution in [2.75, 3.05) is 0 Å². The van der Waals surface area contributed by atoms with Crippen molar-refractivity contribution in [1.29, 1.82) is 0 Å². The van der Waals surface area contributed by atoms with Crippen LogP contribution in [0.5, 0.6) is 0 Å². The van der Waals surface area contributed by atoms with Gasteiger partial charge in [0.05, 0.1) is 0 Å². The second kappa shape index (κ2) is 8.43. The van der Waals surface area contributed by atoms with Gasteiger partial charge in [-0.15, -0.1) is 0 Å². The molecule has 0 fully saturated rings. The molecule has 0 saturated heterocycles. The van der Waals surface area contributed by atoms with Crippen LogP contribution >= 0.6 is 0 Å². The van der Waals surface area contributed by atoms with Crippen molar-refractivity contribution in [1.82, 2.24) is 5.32 Å². The lowest BCUT2D eigenvalue weighted by Crippen LogP contribution is -2.45. The summed E-state index contributed by atoms with van der Waals surface area (Å²) < 4.78 is 26.6. The highest BCUT2D eigenvalue weighted by Crippen LogP contribution is 2.28. The predicted octanol–water partition coefficient (Wildman–Crippen LogP) is 3.98. The van der Waals surface area contributed by atoms with E-state index in [0.717, 1.165) is 18.2 Å². The van der Waals surface area contributed by atoms with E-state index in [9.17, 15) is 23.5 Å². The van der Waals surface area contributed by atoms with Gasteiger partial charge in [0.1, 0.15) is 6.04 Å². The van der Waals surface area contributed by atoms with Gasteiger partial charge in [0.2, 0.25) is 0 Å². The Morgan fingerprint density at radius 3 is 1.79 bits per heavy atom. The Kier molecular flexibility index (Phi) is 5.79. The molecule has 0 aliphatic carbocycles. The molecule has 28 heavy (non-hydrogen) atoms. The van der Waals surface area contributed by atoms with Gasteiger partial charge in [-0.1, -0.05) is 60.7 Å². The van der Waals surface area contributed by atoms with Crippen molar-refractivity contribution in [2.45, 2.75) is 12.0 Å². The minimum Gasteiger partial charge on any atom is -0.480 e. The number of halogens is 2. The fourth-order valence-corrected chi connectivity index (χ4v) is 3.05. The number of aliphatic carboxylic acids is 1. The average molecular weight is 381 g/mol. The minimum atomic E-state index is -1.31. The Bertz CT molecular complexity index is 938. The zero-order valence-corrected chi connectivity index (χ0v) is 14.7. The Labute approximate surface area is 160 Å². The summed E-state index contributed by atoms with van der Waals surface area (Å²) in [6, 6.07) is 19.2. The van der Waals surface area contributed by atoms with Gasteiger partial charge in [0.15, 0.2) is 11.6 Å². The van der Waals surface area contributed by atoms with Crippen LogP contribution in [0.3, 0.4) is 0 Å². The highest BCUT2D eigenvalue weighted by Gasteiger charge is 2.32. The quantitative estimate of drug-likeness (QED) is 0.679. The molecule has 4 nitrogen and oxygen atoms in total. The van der Waals surface area contributed by atoms with Crippen LogP contribution in [-0.2, 0) is 4.79 Å². The number of carboxylic acid groups (broad SMARTS) is 1. The fourth-order valence-electron chi connectivity index (χ4n) is 3.05. The van der Waals surface area contributed by atoms with E-state index in [0.29, 0.717) is 11.1 Å². The monoisotopic (exact) mass is 381 g/mol. The number of benzene rings is 3. The zero-order chi connectivity index (χ0) is 20.1. The lowest BCUT2D eigenvalue weighted by Gasteiger charge is -2.26. The molecular formula is C22H17F2NO3. The second-order valence-corrected chi connectivity index (χ2v) is 6.22. The van der Waals surface area contributed by atoms with Gasteiger partial charge in [0, 0.05) is 11.5 Å². The Balaban J connectivity index is 1.98. The SMILES string of the molecule is O=C(N[C@H](C(=O)O)C(c1ccccc1)c1ccccc1)c1ccc(F)c(F)c1. The van der Waals surface area contributed by atoms with E-state index >= 15 is 0 Å². The molecule has 1 amide bonds. The molecule has 0 unspecified atom stereocenters.